The smallest absolute Gasteiger partial charge is 0.268 e. The lowest BCUT2D eigenvalue weighted by Gasteiger charge is -2.34. The van der Waals surface area contributed by atoms with E-state index in [0.29, 0.717) is 23.5 Å². The highest BCUT2D eigenvalue weighted by molar-refractivity contribution is 6.06. The van der Waals surface area contributed by atoms with Gasteiger partial charge in [-0.1, -0.05) is 13.0 Å². The summed E-state index contributed by atoms with van der Waals surface area (Å²) in [4.78, 5) is 24.5. The van der Waals surface area contributed by atoms with Gasteiger partial charge < -0.3 is 16.2 Å². The standard InChI is InChI=1S/C12H15N3O3/c1-2-8-12(17)15(6-10(14)16)11-7(13)4-3-5-9(11)18-8/h3-5,8H,2,6,13H2,1H3,(H2,14,16). The molecule has 4 N–H and O–H groups in total. The zero-order chi connectivity index (χ0) is 13.3. The van der Waals surface area contributed by atoms with Crippen molar-refractivity contribution in [3.8, 4) is 5.75 Å². The Balaban J connectivity index is 2.49. The molecule has 2 amide bonds. The summed E-state index contributed by atoms with van der Waals surface area (Å²) in [5, 5.41) is 0. The van der Waals surface area contributed by atoms with Crippen LogP contribution in [0.25, 0.3) is 0 Å². The summed E-state index contributed by atoms with van der Waals surface area (Å²) in [5.41, 5.74) is 11.8. The van der Waals surface area contributed by atoms with E-state index < -0.39 is 12.0 Å². The molecule has 2 rings (SSSR count). The molecule has 0 aliphatic carbocycles. The summed E-state index contributed by atoms with van der Waals surface area (Å²) in [7, 11) is 0. The molecule has 0 spiro atoms. The molecule has 0 saturated carbocycles. The van der Waals surface area contributed by atoms with Gasteiger partial charge in [0.2, 0.25) is 5.91 Å². The van der Waals surface area contributed by atoms with Crippen LogP contribution in [0.4, 0.5) is 11.4 Å². The van der Waals surface area contributed by atoms with E-state index >= 15 is 0 Å². The average Bonchev–Trinajstić information content (AvgIpc) is 2.32. The number of hydrogen-bond acceptors (Lipinski definition) is 4. The van der Waals surface area contributed by atoms with Gasteiger partial charge in [-0.2, -0.15) is 0 Å². The van der Waals surface area contributed by atoms with Crippen molar-refractivity contribution in [1.29, 1.82) is 0 Å². The molecule has 0 bridgehead atoms. The van der Waals surface area contributed by atoms with Gasteiger partial charge in [-0.15, -0.1) is 0 Å². The zero-order valence-corrected chi connectivity index (χ0v) is 10.1. The van der Waals surface area contributed by atoms with Crippen LogP contribution in [0, 0.1) is 0 Å². The van der Waals surface area contributed by atoms with E-state index in [4.69, 9.17) is 16.2 Å². The molecule has 1 atom stereocenters. The van der Waals surface area contributed by atoms with Crippen molar-refractivity contribution in [2.75, 3.05) is 17.2 Å². The molecule has 0 aromatic heterocycles. The number of carbonyl (C=O) groups excluding carboxylic acids is 2. The minimum absolute atomic E-state index is 0.195. The first kappa shape index (κ1) is 12.2. The predicted molar refractivity (Wildman–Crippen MR) is 67.1 cm³/mol. The Bertz CT molecular complexity index is 501. The quantitative estimate of drug-likeness (QED) is 0.750. The van der Waals surface area contributed by atoms with Gasteiger partial charge in [0.05, 0.1) is 5.69 Å². The number of hydrogen-bond donors (Lipinski definition) is 2. The van der Waals surface area contributed by atoms with Crippen molar-refractivity contribution in [2.24, 2.45) is 5.73 Å². The van der Waals surface area contributed by atoms with Crippen LogP contribution in [0.15, 0.2) is 18.2 Å². The van der Waals surface area contributed by atoms with Crippen molar-refractivity contribution < 1.29 is 14.3 Å². The van der Waals surface area contributed by atoms with E-state index in [-0.39, 0.29) is 12.5 Å². The van der Waals surface area contributed by atoms with Crippen LogP contribution in [-0.2, 0) is 9.59 Å². The lowest BCUT2D eigenvalue weighted by molar-refractivity contribution is -0.128. The molecule has 1 aliphatic rings. The highest BCUT2D eigenvalue weighted by Crippen LogP contribution is 2.38. The second-order valence-corrected chi connectivity index (χ2v) is 4.10. The van der Waals surface area contributed by atoms with E-state index in [1.165, 1.54) is 4.90 Å². The molecule has 1 aromatic rings. The molecule has 1 unspecified atom stereocenters. The Hall–Kier alpha value is -2.24. The number of anilines is 2. The first-order valence-corrected chi connectivity index (χ1v) is 5.69. The Morgan fingerprint density at radius 1 is 1.50 bits per heavy atom. The van der Waals surface area contributed by atoms with Crippen LogP contribution in [0.2, 0.25) is 0 Å². The van der Waals surface area contributed by atoms with Crippen LogP contribution in [0.3, 0.4) is 0 Å². The predicted octanol–water partition coefficient (Wildman–Crippen LogP) is 0.258. The minimum atomic E-state index is -0.598. The van der Waals surface area contributed by atoms with E-state index in [0.717, 1.165) is 0 Å². The number of ether oxygens (including phenoxy) is 1. The third kappa shape index (κ3) is 1.97. The third-order valence-corrected chi connectivity index (χ3v) is 2.80. The third-order valence-electron chi connectivity index (χ3n) is 2.80. The molecule has 1 aromatic carbocycles. The lowest BCUT2D eigenvalue weighted by Crippen LogP contribution is -2.49. The average molecular weight is 249 g/mol. The van der Waals surface area contributed by atoms with Gasteiger partial charge in [0.1, 0.15) is 18.0 Å². The first-order valence-electron chi connectivity index (χ1n) is 5.69. The van der Waals surface area contributed by atoms with Gasteiger partial charge in [0.15, 0.2) is 6.10 Å². The highest BCUT2D eigenvalue weighted by atomic mass is 16.5. The van der Waals surface area contributed by atoms with Crippen LogP contribution >= 0.6 is 0 Å². The fourth-order valence-electron chi connectivity index (χ4n) is 1.98. The number of para-hydroxylation sites is 1. The molecule has 96 valence electrons. The highest BCUT2D eigenvalue weighted by Gasteiger charge is 2.35. The summed E-state index contributed by atoms with van der Waals surface area (Å²) in [6.07, 6.45) is -0.0823. The number of rotatable bonds is 3. The number of nitrogen functional groups attached to an aromatic ring is 1. The molecule has 6 heteroatoms. The SMILES string of the molecule is CCC1Oc2cccc(N)c2N(CC(N)=O)C1=O. The molecule has 1 heterocycles. The molecular weight excluding hydrogens is 234 g/mol. The Morgan fingerprint density at radius 2 is 2.22 bits per heavy atom. The molecule has 1 aliphatic heterocycles. The fourth-order valence-corrected chi connectivity index (χ4v) is 1.98. The minimum Gasteiger partial charge on any atom is -0.478 e. The maximum Gasteiger partial charge on any atom is 0.268 e. The number of benzene rings is 1. The van der Waals surface area contributed by atoms with Gasteiger partial charge in [-0.25, -0.2) is 0 Å². The van der Waals surface area contributed by atoms with E-state index in [2.05, 4.69) is 0 Å². The van der Waals surface area contributed by atoms with Gasteiger partial charge in [-0.05, 0) is 18.6 Å². The number of nitrogens with two attached hydrogens (primary N) is 2. The van der Waals surface area contributed by atoms with Gasteiger partial charge in [-0.3, -0.25) is 14.5 Å². The van der Waals surface area contributed by atoms with Crippen LogP contribution in [0.5, 0.6) is 5.75 Å². The van der Waals surface area contributed by atoms with Crippen molar-refractivity contribution in [2.45, 2.75) is 19.4 Å². The summed E-state index contributed by atoms with van der Waals surface area (Å²) in [6.45, 7) is 1.64. The Kier molecular flexibility index (Phi) is 3.10. The number of fused-ring (bicyclic) bond motifs is 1. The van der Waals surface area contributed by atoms with Crippen molar-refractivity contribution in [3.05, 3.63) is 18.2 Å². The molecule has 0 fully saturated rings. The number of amides is 2. The monoisotopic (exact) mass is 249 g/mol. The van der Waals surface area contributed by atoms with Crippen LogP contribution in [0.1, 0.15) is 13.3 Å². The van der Waals surface area contributed by atoms with Gasteiger partial charge in [0, 0.05) is 0 Å². The maximum atomic E-state index is 12.1. The van der Waals surface area contributed by atoms with E-state index in [9.17, 15) is 9.59 Å². The second-order valence-electron chi connectivity index (χ2n) is 4.10. The normalized spacial score (nSPS) is 18.2. The van der Waals surface area contributed by atoms with Crippen molar-refractivity contribution >= 4 is 23.2 Å². The summed E-state index contributed by atoms with van der Waals surface area (Å²) in [6, 6.07) is 5.10. The Labute approximate surface area is 104 Å². The number of carbonyl (C=O) groups is 2. The fraction of sp³-hybridized carbons (Fsp3) is 0.333. The van der Waals surface area contributed by atoms with Gasteiger partial charge in [0.25, 0.3) is 5.91 Å². The topological polar surface area (TPSA) is 98.7 Å². The molecule has 18 heavy (non-hydrogen) atoms. The van der Waals surface area contributed by atoms with Crippen molar-refractivity contribution in [3.63, 3.8) is 0 Å². The summed E-state index contributed by atoms with van der Waals surface area (Å²) < 4.78 is 5.56. The summed E-state index contributed by atoms with van der Waals surface area (Å²) >= 11 is 0. The number of primary amides is 1. The van der Waals surface area contributed by atoms with Gasteiger partial charge >= 0.3 is 0 Å². The summed E-state index contributed by atoms with van der Waals surface area (Å²) in [5.74, 6) is -0.376. The zero-order valence-electron chi connectivity index (χ0n) is 10.1. The first-order chi connectivity index (χ1) is 8.54. The van der Waals surface area contributed by atoms with E-state index in [1.807, 2.05) is 6.92 Å². The second kappa shape index (κ2) is 4.56. The molecule has 0 radical (unpaired) electrons. The molecular formula is C12H15N3O3. The largest absolute Gasteiger partial charge is 0.478 e. The number of nitrogens with zero attached hydrogens (tertiary/aromatic N) is 1. The van der Waals surface area contributed by atoms with Crippen molar-refractivity contribution in [1.82, 2.24) is 0 Å². The maximum absolute atomic E-state index is 12.1. The van der Waals surface area contributed by atoms with Crippen LogP contribution in [-0.4, -0.2) is 24.5 Å². The Morgan fingerprint density at radius 3 is 2.83 bits per heavy atom. The molecule has 0 saturated heterocycles. The lowest BCUT2D eigenvalue weighted by atomic mass is 10.1. The van der Waals surface area contributed by atoms with E-state index in [1.54, 1.807) is 18.2 Å². The molecule has 6 nitrogen and oxygen atoms in total. The van der Waals surface area contributed by atoms with Crippen LogP contribution < -0.4 is 21.1 Å².